The van der Waals surface area contributed by atoms with Gasteiger partial charge < -0.3 is 10.2 Å². The Labute approximate surface area is 118 Å². The van der Waals surface area contributed by atoms with Crippen molar-refractivity contribution in [3.63, 3.8) is 0 Å². The predicted octanol–water partition coefficient (Wildman–Crippen LogP) is 3.51. The molecule has 0 amide bonds. The molecule has 2 N–H and O–H groups in total. The molecule has 20 heavy (non-hydrogen) atoms. The third-order valence-electron chi connectivity index (χ3n) is 2.53. The smallest absolute Gasteiger partial charge is 0.389 e. The van der Waals surface area contributed by atoms with E-state index in [1.54, 1.807) is 0 Å². The first kappa shape index (κ1) is 17.3. The molecule has 2 atom stereocenters. The molecule has 0 aliphatic heterocycles. The summed E-state index contributed by atoms with van der Waals surface area (Å²) >= 11 is 2.73. The Kier molecular flexibility index (Phi) is 5.09. The van der Waals surface area contributed by atoms with E-state index in [1.807, 2.05) is 0 Å². The van der Waals surface area contributed by atoms with Crippen molar-refractivity contribution in [3.05, 3.63) is 34.9 Å². The summed E-state index contributed by atoms with van der Waals surface area (Å²) in [4.78, 5) is 0. The van der Waals surface area contributed by atoms with Gasteiger partial charge in [-0.1, -0.05) is 15.9 Å². The van der Waals surface area contributed by atoms with Crippen LogP contribution in [0.5, 0.6) is 0 Å². The van der Waals surface area contributed by atoms with Gasteiger partial charge in [0.15, 0.2) is 0 Å². The summed E-state index contributed by atoms with van der Waals surface area (Å²) in [6.07, 6.45) is -13.5. The van der Waals surface area contributed by atoms with Crippen molar-refractivity contribution in [3.8, 4) is 0 Å². The number of hydrogen-bond donors (Lipinski definition) is 2. The fourth-order valence-electron chi connectivity index (χ4n) is 1.53. The molecular formula is C11H9BrF6O2. The molecule has 0 aliphatic rings. The molecule has 0 spiro atoms. The quantitative estimate of drug-likeness (QED) is 0.634. The number of rotatable bonds is 3. The maximum atomic E-state index is 12.7. The van der Waals surface area contributed by atoms with E-state index in [0.717, 1.165) is 0 Å². The minimum atomic E-state index is -4.94. The van der Waals surface area contributed by atoms with Crippen LogP contribution in [0.15, 0.2) is 18.2 Å². The molecule has 1 aromatic rings. The van der Waals surface area contributed by atoms with Crippen LogP contribution in [0.25, 0.3) is 0 Å². The Hall–Kier alpha value is -0.800. The van der Waals surface area contributed by atoms with E-state index in [9.17, 15) is 36.6 Å². The molecule has 1 rings (SSSR count). The van der Waals surface area contributed by atoms with Crippen LogP contribution in [0, 0.1) is 0 Å². The second-order valence-electron chi connectivity index (χ2n) is 3.96. The lowest BCUT2D eigenvalue weighted by Gasteiger charge is -2.22. The van der Waals surface area contributed by atoms with Crippen molar-refractivity contribution in [1.29, 1.82) is 0 Å². The van der Waals surface area contributed by atoms with Gasteiger partial charge >= 0.3 is 12.4 Å². The molecule has 0 aliphatic carbocycles. The first-order chi connectivity index (χ1) is 8.98. The average molecular weight is 367 g/mol. The lowest BCUT2D eigenvalue weighted by molar-refractivity contribution is -0.143. The van der Waals surface area contributed by atoms with Crippen molar-refractivity contribution in [2.75, 3.05) is 5.33 Å². The molecule has 0 fully saturated rings. The van der Waals surface area contributed by atoms with Gasteiger partial charge in [0.1, 0.15) is 6.10 Å². The zero-order valence-electron chi connectivity index (χ0n) is 9.63. The first-order valence-corrected chi connectivity index (χ1v) is 6.31. The second-order valence-corrected chi connectivity index (χ2v) is 4.61. The van der Waals surface area contributed by atoms with Crippen molar-refractivity contribution in [2.24, 2.45) is 0 Å². The number of hydrogen-bond acceptors (Lipinski definition) is 2. The number of benzene rings is 1. The number of aliphatic hydroxyl groups is 2. The largest absolute Gasteiger partial charge is 0.416 e. The molecule has 1 aromatic carbocycles. The number of aliphatic hydroxyl groups excluding tert-OH is 2. The van der Waals surface area contributed by atoms with E-state index in [-0.39, 0.29) is 23.5 Å². The van der Waals surface area contributed by atoms with Gasteiger partial charge in [-0.05, 0) is 23.8 Å². The normalized spacial score (nSPS) is 16.1. The molecule has 0 bridgehead atoms. The molecule has 2 unspecified atom stereocenters. The van der Waals surface area contributed by atoms with Crippen LogP contribution in [0.3, 0.4) is 0 Å². The van der Waals surface area contributed by atoms with Gasteiger partial charge in [-0.25, -0.2) is 0 Å². The topological polar surface area (TPSA) is 40.5 Å². The van der Waals surface area contributed by atoms with Crippen molar-refractivity contribution in [1.82, 2.24) is 0 Å². The van der Waals surface area contributed by atoms with Crippen LogP contribution in [0.4, 0.5) is 26.3 Å². The summed E-state index contributed by atoms with van der Waals surface area (Å²) < 4.78 is 75.7. The van der Waals surface area contributed by atoms with Crippen molar-refractivity contribution >= 4 is 15.9 Å². The average Bonchev–Trinajstić information content (AvgIpc) is 2.34. The maximum absolute atomic E-state index is 12.7. The van der Waals surface area contributed by atoms with E-state index in [0.29, 0.717) is 0 Å². The van der Waals surface area contributed by atoms with Crippen LogP contribution in [-0.2, 0) is 12.4 Å². The Morgan fingerprint density at radius 3 is 1.95 bits per heavy atom. The highest BCUT2D eigenvalue weighted by Gasteiger charge is 2.39. The van der Waals surface area contributed by atoms with Crippen LogP contribution in [0.1, 0.15) is 22.8 Å². The molecule has 0 saturated carbocycles. The third kappa shape index (κ3) is 3.86. The van der Waals surface area contributed by atoms with Gasteiger partial charge in [-0.15, -0.1) is 0 Å². The van der Waals surface area contributed by atoms with E-state index in [1.165, 1.54) is 0 Å². The Morgan fingerprint density at radius 2 is 1.55 bits per heavy atom. The minimum absolute atomic E-state index is 0.194. The van der Waals surface area contributed by atoms with E-state index < -0.39 is 41.3 Å². The maximum Gasteiger partial charge on any atom is 0.416 e. The highest BCUT2D eigenvalue weighted by Crippen LogP contribution is 2.39. The molecule has 0 saturated heterocycles. The molecule has 2 nitrogen and oxygen atoms in total. The Bertz CT molecular complexity index is 471. The van der Waals surface area contributed by atoms with Crippen LogP contribution in [0.2, 0.25) is 0 Å². The first-order valence-electron chi connectivity index (χ1n) is 5.19. The lowest BCUT2D eigenvalue weighted by atomic mass is 9.96. The monoisotopic (exact) mass is 366 g/mol. The molecule has 0 heterocycles. The summed E-state index contributed by atoms with van der Waals surface area (Å²) in [5.41, 5.74) is -3.77. The zero-order valence-corrected chi connectivity index (χ0v) is 11.2. The molecular weight excluding hydrogens is 358 g/mol. The standard InChI is InChI=1S/C11H9BrF6O2/c12-4-8(19)9(20)6-3-5(10(13,14)15)1-2-7(6)11(16,17)18/h1-3,8-9,19-20H,4H2. The highest BCUT2D eigenvalue weighted by molar-refractivity contribution is 9.09. The van der Waals surface area contributed by atoms with Gasteiger partial charge in [-0.3, -0.25) is 0 Å². The SMILES string of the molecule is OC(CBr)C(O)c1cc(C(F)(F)F)ccc1C(F)(F)F. The fraction of sp³-hybridized carbons (Fsp3) is 0.455. The van der Waals surface area contributed by atoms with Gasteiger partial charge in [0.25, 0.3) is 0 Å². The molecule has 0 radical (unpaired) electrons. The Balaban J connectivity index is 3.42. The Morgan fingerprint density at radius 1 is 1.00 bits per heavy atom. The van der Waals surface area contributed by atoms with E-state index in [4.69, 9.17) is 0 Å². The summed E-state index contributed by atoms with van der Waals surface area (Å²) in [7, 11) is 0. The van der Waals surface area contributed by atoms with E-state index in [2.05, 4.69) is 15.9 Å². The van der Waals surface area contributed by atoms with Crippen LogP contribution >= 0.6 is 15.9 Å². The van der Waals surface area contributed by atoms with E-state index >= 15 is 0 Å². The van der Waals surface area contributed by atoms with Gasteiger partial charge in [0.05, 0.1) is 17.2 Å². The minimum Gasteiger partial charge on any atom is -0.389 e. The van der Waals surface area contributed by atoms with Crippen LogP contribution < -0.4 is 0 Å². The lowest BCUT2D eigenvalue weighted by Crippen LogP contribution is -2.23. The molecule has 0 aromatic heterocycles. The molecule has 9 heteroatoms. The van der Waals surface area contributed by atoms with Gasteiger partial charge in [0, 0.05) is 5.33 Å². The van der Waals surface area contributed by atoms with Crippen molar-refractivity contribution in [2.45, 2.75) is 24.6 Å². The summed E-state index contributed by atoms with van der Waals surface area (Å²) in [5, 5.41) is 18.6. The van der Waals surface area contributed by atoms with Crippen LogP contribution in [-0.4, -0.2) is 21.6 Å². The summed E-state index contributed by atoms with van der Waals surface area (Å²) in [5.74, 6) is 0. The number of alkyl halides is 7. The fourth-order valence-corrected chi connectivity index (χ4v) is 1.89. The van der Waals surface area contributed by atoms with Gasteiger partial charge in [0.2, 0.25) is 0 Å². The second kappa shape index (κ2) is 5.90. The highest BCUT2D eigenvalue weighted by atomic mass is 79.9. The molecule has 114 valence electrons. The summed E-state index contributed by atoms with van der Waals surface area (Å²) in [6, 6.07) is 0.710. The predicted molar refractivity (Wildman–Crippen MR) is 61.2 cm³/mol. The van der Waals surface area contributed by atoms with Crippen molar-refractivity contribution < 1.29 is 36.6 Å². The summed E-state index contributed by atoms with van der Waals surface area (Å²) in [6.45, 7) is 0. The number of halogens is 7. The zero-order chi connectivity index (χ0) is 15.7. The van der Waals surface area contributed by atoms with Gasteiger partial charge in [-0.2, -0.15) is 26.3 Å². The third-order valence-corrected chi connectivity index (χ3v) is 3.19.